The second-order valence-electron chi connectivity index (χ2n) is 5.89. The van der Waals surface area contributed by atoms with Crippen molar-refractivity contribution in [3.05, 3.63) is 65.9 Å². The molecule has 0 fully saturated rings. The molecular formula is C20H23N3O2. The Bertz CT molecular complexity index is 842. The summed E-state index contributed by atoms with van der Waals surface area (Å²) in [5.74, 6) is 0.834. The number of carbonyl (C=O) groups excluding carboxylic acids is 1. The summed E-state index contributed by atoms with van der Waals surface area (Å²) in [6.45, 7) is 1.19. The fraction of sp³-hybridized carbons (Fsp3) is 0.250. The van der Waals surface area contributed by atoms with Gasteiger partial charge in [-0.25, -0.2) is 4.79 Å². The maximum absolute atomic E-state index is 11.9. The molecule has 0 aliphatic carbocycles. The average Bonchev–Trinajstić information content (AvgIpc) is 3.05. The molecule has 130 valence electrons. The summed E-state index contributed by atoms with van der Waals surface area (Å²) < 4.78 is 5.20. The van der Waals surface area contributed by atoms with Crippen LogP contribution in [0.5, 0.6) is 5.75 Å². The first-order valence-electron chi connectivity index (χ1n) is 8.46. The molecule has 3 rings (SSSR count). The summed E-state index contributed by atoms with van der Waals surface area (Å²) in [5.41, 5.74) is 3.48. The minimum Gasteiger partial charge on any atom is -0.497 e. The number of nitrogens with one attached hydrogen (secondary N) is 3. The van der Waals surface area contributed by atoms with E-state index in [1.165, 1.54) is 10.9 Å². The first-order valence-corrected chi connectivity index (χ1v) is 8.46. The number of hydrogen-bond acceptors (Lipinski definition) is 2. The number of methoxy groups -OCH3 is 1. The molecule has 2 amide bonds. The van der Waals surface area contributed by atoms with E-state index in [0.29, 0.717) is 13.1 Å². The number of H-pyrrole nitrogens is 1. The molecule has 3 N–H and O–H groups in total. The Morgan fingerprint density at radius 2 is 1.84 bits per heavy atom. The highest BCUT2D eigenvalue weighted by molar-refractivity contribution is 5.83. The monoisotopic (exact) mass is 337 g/mol. The minimum absolute atomic E-state index is 0.136. The van der Waals surface area contributed by atoms with Gasteiger partial charge in [-0.05, 0) is 42.2 Å². The van der Waals surface area contributed by atoms with E-state index >= 15 is 0 Å². The van der Waals surface area contributed by atoms with Crippen LogP contribution >= 0.6 is 0 Å². The van der Waals surface area contributed by atoms with E-state index in [1.54, 1.807) is 7.11 Å². The maximum atomic E-state index is 11.9. The van der Waals surface area contributed by atoms with Crippen LogP contribution in [-0.2, 0) is 12.8 Å². The molecule has 5 heteroatoms. The first-order chi connectivity index (χ1) is 12.3. The van der Waals surface area contributed by atoms with E-state index in [1.807, 2.05) is 42.6 Å². The van der Waals surface area contributed by atoms with Gasteiger partial charge in [0.25, 0.3) is 0 Å². The van der Waals surface area contributed by atoms with Crippen LogP contribution < -0.4 is 15.4 Å². The van der Waals surface area contributed by atoms with E-state index in [4.69, 9.17) is 4.74 Å². The van der Waals surface area contributed by atoms with Gasteiger partial charge in [-0.3, -0.25) is 0 Å². The SMILES string of the molecule is COc1cccc(CCNC(=O)NCCc2c[nH]c3ccccc23)c1. The fourth-order valence-corrected chi connectivity index (χ4v) is 2.86. The van der Waals surface area contributed by atoms with Crippen LogP contribution in [0.25, 0.3) is 10.9 Å². The molecule has 2 aromatic carbocycles. The molecule has 5 nitrogen and oxygen atoms in total. The van der Waals surface area contributed by atoms with E-state index < -0.39 is 0 Å². The lowest BCUT2D eigenvalue weighted by Crippen LogP contribution is -2.37. The second kappa shape index (κ2) is 8.24. The number of hydrogen-bond donors (Lipinski definition) is 3. The zero-order valence-electron chi connectivity index (χ0n) is 14.3. The van der Waals surface area contributed by atoms with Gasteiger partial charge in [-0.15, -0.1) is 0 Å². The van der Waals surface area contributed by atoms with Crippen LogP contribution in [0, 0.1) is 0 Å². The highest BCUT2D eigenvalue weighted by Gasteiger charge is 2.04. The van der Waals surface area contributed by atoms with Gasteiger partial charge in [-0.2, -0.15) is 0 Å². The van der Waals surface area contributed by atoms with Gasteiger partial charge >= 0.3 is 6.03 Å². The molecule has 0 saturated carbocycles. The predicted octanol–water partition coefficient (Wildman–Crippen LogP) is 3.26. The number of aromatic nitrogens is 1. The van der Waals surface area contributed by atoms with Crippen LogP contribution in [0.3, 0.4) is 0 Å². The zero-order valence-corrected chi connectivity index (χ0v) is 14.3. The van der Waals surface area contributed by atoms with Crippen molar-refractivity contribution in [1.82, 2.24) is 15.6 Å². The van der Waals surface area contributed by atoms with E-state index in [0.717, 1.165) is 29.7 Å². The number of benzene rings is 2. The van der Waals surface area contributed by atoms with Gasteiger partial charge in [-0.1, -0.05) is 30.3 Å². The highest BCUT2D eigenvalue weighted by Crippen LogP contribution is 2.17. The van der Waals surface area contributed by atoms with Gasteiger partial charge < -0.3 is 20.4 Å². The number of para-hydroxylation sites is 1. The van der Waals surface area contributed by atoms with Crippen molar-refractivity contribution in [3.63, 3.8) is 0 Å². The summed E-state index contributed by atoms with van der Waals surface area (Å²) >= 11 is 0. The fourth-order valence-electron chi connectivity index (χ4n) is 2.86. The molecule has 3 aromatic rings. The third-order valence-electron chi connectivity index (χ3n) is 4.19. The molecule has 1 heterocycles. The summed E-state index contributed by atoms with van der Waals surface area (Å²) in [6, 6.07) is 15.9. The first kappa shape index (κ1) is 16.9. The summed E-state index contributed by atoms with van der Waals surface area (Å²) in [6.07, 6.45) is 3.58. The number of rotatable bonds is 7. The summed E-state index contributed by atoms with van der Waals surface area (Å²) in [5, 5.41) is 7.00. The van der Waals surface area contributed by atoms with Gasteiger partial charge in [0.05, 0.1) is 7.11 Å². The van der Waals surface area contributed by atoms with Crippen LogP contribution in [0.4, 0.5) is 4.79 Å². The van der Waals surface area contributed by atoms with Crippen molar-refractivity contribution in [3.8, 4) is 5.75 Å². The van der Waals surface area contributed by atoms with E-state index in [-0.39, 0.29) is 6.03 Å². The van der Waals surface area contributed by atoms with Crippen LogP contribution in [0.15, 0.2) is 54.7 Å². The number of amides is 2. The number of carbonyl (C=O) groups is 1. The quantitative estimate of drug-likeness (QED) is 0.619. The Morgan fingerprint density at radius 1 is 1.04 bits per heavy atom. The normalized spacial score (nSPS) is 10.6. The number of aromatic amines is 1. The number of fused-ring (bicyclic) bond motifs is 1. The van der Waals surface area contributed by atoms with Crippen molar-refractivity contribution in [2.75, 3.05) is 20.2 Å². The van der Waals surface area contributed by atoms with Crippen molar-refractivity contribution in [2.24, 2.45) is 0 Å². The smallest absolute Gasteiger partial charge is 0.314 e. The molecular weight excluding hydrogens is 314 g/mol. The molecule has 0 bridgehead atoms. The number of urea groups is 1. The molecule has 1 aromatic heterocycles. The lowest BCUT2D eigenvalue weighted by atomic mass is 10.1. The molecule has 25 heavy (non-hydrogen) atoms. The van der Waals surface area contributed by atoms with Crippen LogP contribution in [0.2, 0.25) is 0 Å². The molecule has 0 aliphatic rings. The lowest BCUT2D eigenvalue weighted by molar-refractivity contribution is 0.241. The molecule has 0 unspecified atom stereocenters. The van der Waals surface area contributed by atoms with Crippen LogP contribution in [-0.4, -0.2) is 31.2 Å². The third kappa shape index (κ3) is 4.53. The van der Waals surface area contributed by atoms with E-state index in [2.05, 4.69) is 27.8 Å². The van der Waals surface area contributed by atoms with Crippen molar-refractivity contribution >= 4 is 16.9 Å². The summed E-state index contributed by atoms with van der Waals surface area (Å²) in [4.78, 5) is 15.1. The Kier molecular flexibility index (Phi) is 5.57. The Labute approximate surface area is 147 Å². The molecule has 0 radical (unpaired) electrons. The Balaban J connectivity index is 1.39. The van der Waals surface area contributed by atoms with Crippen molar-refractivity contribution in [2.45, 2.75) is 12.8 Å². The maximum Gasteiger partial charge on any atom is 0.314 e. The standard InChI is InChI=1S/C20H23N3O2/c1-25-17-6-4-5-15(13-17)9-11-21-20(24)22-12-10-16-14-23-19-8-3-2-7-18(16)19/h2-8,13-14,23H,9-12H2,1H3,(H2,21,22,24). The largest absolute Gasteiger partial charge is 0.497 e. The van der Waals surface area contributed by atoms with Crippen molar-refractivity contribution in [1.29, 1.82) is 0 Å². The Morgan fingerprint density at radius 3 is 2.68 bits per heavy atom. The van der Waals surface area contributed by atoms with Gasteiger partial charge in [0.2, 0.25) is 0 Å². The molecule has 0 saturated heterocycles. The molecule has 0 aliphatic heterocycles. The van der Waals surface area contributed by atoms with Gasteiger partial charge in [0.1, 0.15) is 5.75 Å². The second-order valence-corrected chi connectivity index (χ2v) is 5.89. The molecule has 0 atom stereocenters. The Hall–Kier alpha value is -2.95. The average molecular weight is 337 g/mol. The third-order valence-corrected chi connectivity index (χ3v) is 4.19. The van der Waals surface area contributed by atoms with Gasteiger partial charge in [0, 0.05) is 30.2 Å². The predicted molar refractivity (Wildman–Crippen MR) is 100 cm³/mol. The van der Waals surface area contributed by atoms with Crippen molar-refractivity contribution < 1.29 is 9.53 Å². The zero-order chi connectivity index (χ0) is 17.5. The van der Waals surface area contributed by atoms with Crippen LogP contribution in [0.1, 0.15) is 11.1 Å². The molecule has 0 spiro atoms. The topological polar surface area (TPSA) is 66.2 Å². The minimum atomic E-state index is -0.136. The van der Waals surface area contributed by atoms with E-state index in [9.17, 15) is 4.79 Å². The highest BCUT2D eigenvalue weighted by atomic mass is 16.5. The summed E-state index contributed by atoms with van der Waals surface area (Å²) in [7, 11) is 1.65. The lowest BCUT2D eigenvalue weighted by Gasteiger charge is -2.08. The van der Waals surface area contributed by atoms with Gasteiger partial charge in [0.15, 0.2) is 0 Å². The number of ether oxygens (including phenoxy) is 1.